The van der Waals surface area contributed by atoms with Gasteiger partial charge in [0.05, 0.1) is 0 Å². The molecule has 2 N–H and O–H groups in total. The zero-order chi connectivity index (χ0) is 16.1. The zero-order valence-electron chi connectivity index (χ0n) is 13.1. The summed E-state index contributed by atoms with van der Waals surface area (Å²) in [7, 11) is 0. The van der Waals surface area contributed by atoms with E-state index in [2.05, 4.69) is 47.6 Å². The van der Waals surface area contributed by atoms with Crippen LogP contribution in [0.3, 0.4) is 0 Å². The van der Waals surface area contributed by atoms with Gasteiger partial charge < -0.3 is 10.4 Å². The molecule has 1 unspecified atom stereocenters. The lowest BCUT2D eigenvalue weighted by Crippen LogP contribution is -2.18. The highest BCUT2D eigenvalue weighted by atomic mass is 16.3. The van der Waals surface area contributed by atoms with Gasteiger partial charge in [-0.25, -0.2) is 0 Å². The van der Waals surface area contributed by atoms with E-state index in [1.165, 1.54) is 11.1 Å². The molecule has 0 amide bonds. The quantitative estimate of drug-likeness (QED) is 0.738. The van der Waals surface area contributed by atoms with Gasteiger partial charge in [0.15, 0.2) is 0 Å². The minimum absolute atomic E-state index is 0.171. The topological polar surface area (TPSA) is 45.2 Å². The number of nitrogens with zero attached hydrogens (tertiary/aromatic N) is 1. The molecule has 0 spiro atoms. The summed E-state index contributed by atoms with van der Waals surface area (Å²) in [6.07, 6.45) is 3.66. The molecule has 0 saturated heterocycles. The van der Waals surface area contributed by atoms with Crippen molar-refractivity contribution in [3.63, 3.8) is 0 Å². The van der Waals surface area contributed by atoms with Crippen LogP contribution < -0.4 is 5.32 Å². The second-order valence-corrected chi connectivity index (χ2v) is 5.64. The number of phenolic OH excluding ortho intramolecular Hbond substituents is 1. The maximum atomic E-state index is 9.58. The van der Waals surface area contributed by atoms with Gasteiger partial charge in [0.2, 0.25) is 0 Å². The van der Waals surface area contributed by atoms with Crippen molar-refractivity contribution in [3.8, 4) is 16.9 Å². The third-order valence-corrected chi connectivity index (χ3v) is 3.90. The van der Waals surface area contributed by atoms with Gasteiger partial charge in [-0.3, -0.25) is 4.98 Å². The van der Waals surface area contributed by atoms with Gasteiger partial charge >= 0.3 is 0 Å². The highest BCUT2D eigenvalue weighted by Crippen LogP contribution is 2.21. The van der Waals surface area contributed by atoms with E-state index in [-0.39, 0.29) is 6.04 Å². The second-order valence-electron chi connectivity index (χ2n) is 5.64. The van der Waals surface area contributed by atoms with E-state index in [0.29, 0.717) is 5.75 Å². The Kier molecular flexibility index (Phi) is 4.69. The van der Waals surface area contributed by atoms with E-state index in [1.54, 1.807) is 18.3 Å². The number of hydrogen-bond acceptors (Lipinski definition) is 3. The van der Waals surface area contributed by atoms with Crippen molar-refractivity contribution in [3.05, 3.63) is 84.2 Å². The molecule has 0 aliphatic heterocycles. The van der Waals surface area contributed by atoms with Crippen LogP contribution in [0.4, 0.5) is 0 Å². The molecule has 3 aromatic rings. The molecule has 0 bridgehead atoms. The lowest BCUT2D eigenvalue weighted by Gasteiger charge is -2.15. The van der Waals surface area contributed by atoms with E-state index >= 15 is 0 Å². The molecule has 3 heteroatoms. The summed E-state index contributed by atoms with van der Waals surface area (Å²) in [5.41, 5.74) is 4.59. The van der Waals surface area contributed by atoms with Crippen molar-refractivity contribution in [1.82, 2.24) is 10.3 Å². The normalized spacial score (nSPS) is 12.0. The predicted octanol–water partition coefficient (Wildman–Crippen LogP) is 4.31. The smallest absolute Gasteiger partial charge is 0.115 e. The Labute approximate surface area is 136 Å². The highest BCUT2D eigenvalue weighted by Gasteiger charge is 2.06. The first-order chi connectivity index (χ1) is 11.2. The molecular weight excluding hydrogens is 284 g/mol. The van der Waals surface area contributed by atoms with Crippen molar-refractivity contribution in [2.75, 3.05) is 0 Å². The summed E-state index contributed by atoms with van der Waals surface area (Å²) in [5, 5.41) is 13.1. The summed E-state index contributed by atoms with van der Waals surface area (Å²) in [6, 6.07) is 20.0. The lowest BCUT2D eigenvalue weighted by atomic mass is 10.0. The largest absolute Gasteiger partial charge is 0.508 e. The Morgan fingerprint density at radius 2 is 1.83 bits per heavy atom. The lowest BCUT2D eigenvalue weighted by molar-refractivity contribution is 0.472. The molecule has 3 rings (SSSR count). The van der Waals surface area contributed by atoms with Gasteiger partial charge in [0.25, 0.3) is 0 Å². The number of hydrogen-bond donors (Lipinski definition) is 2. The van der Waals surface area contributed by atoms with Crippen LogP contribution in [0.25, 0.3) is 11.1 Å². The molecule has 1 heterocycles. The molecule has 0 fully saturated rings. The monoisotopic (exact) mass is 304 g/mol. The van der Waals surface area contributed by atoms with Crippen LogP contribution in [0, 0.1) is 0 Å². The minimum atomic E-state index is 0.171. The minimum Gasteiger partial charge on any atom is -0.508 e. The summed E-state index contributed by atoms with van der Waals surface area (Å²) in [6.45, 7) is 2.87. The number of phenols is 1. The third kappa shape index (κ3) is 3.96. The van der Waals surface area contributed by atoms with E-state index in [4.69, 9.17) is 0 Å². The van der Waals surface area contributed by atoms with Gasteiger partial charge in [0.1, 0.15) is 5.75 Å². The first-order valence-corrected chi connectivity index (χ1v) is 7.74. The number of nitrogens with one attached hydrogen (secondary N) is 1. The van der Waals surface area contributed by atoms with Crippen LogP contribution in [0.5, 0.6) is 5.75 Å². The fourth-order valence-electron chi connectivity index (χ4n) is 2.58. The Hall–Kier alpha value is -2.65. The van der Waals surface area contributed by atoms with Gasteiger partial charge in [0, 0.05) is 25.0 Å². The third-order valence-electron chi connectivity index (χ3n) is 3.90. The van der Waals surface area contributed by atoms with Crippen LogP contribution in [0.1, 0.15) is 24.1 Å². The van der Waals surface area contributed by atoms with Crippen molar-refractivity contribution in [1.29, 1.82) is 0 Å². The predicted molar refractivity (Wildman–Crippen MR) is 93.0 cm³/mol. The van der Waals surface area contributed by atoms with Crippen molar-refractivity contribution < 1.29 is 5.11 Å². The van der Waals surface area contributed by atoms with E-state index in [9.17, 15) is 5.11 Å². The molecule has 1 aromatic heterocycles. The molecule has 2 aromatic carbocycles. The summed E-state index contributed by atoms with van der Waals surface area (Å²) in [4.78, 5) is 4.17. The molecule has 116 valence electrons. The summed E-state index contributed by atoms with van der Waals surface area (Å²) >= 11 is 0. The fraction of sp³-hybridized carbons (Fsp3) is 0.150. The van der Waals surface area contributed by atoms with Crippen molar-refractivity contribution in [2.45, 2.75) is 19.5 Å². The number of pyridine rings is 1. The average Bonchev–Trinajstić information content (AvgIpc) is 2.61. The number of rotatable bonds is 5. The first-order valence-electron chi connectivity index (χ1n) is 7.74. The molecule has 23 heavy (non-hydrogen) atoms. The Balaban J connectivity index is 1.69. The Bertz CT molecular complexity index is 771. The average molecular weight is 304 g/mol. The van der Waals surface area contributed by atoms with Crippen LogP contribution in [-0.2, 0) is 6.54 Å². The number of benzene rings is 2. The molecule has 0 saturated carbocycles. The molecule has 0 aliphatic rings. The van der Waals surface area contributed by atoms with Crippen LogP contribution in [0.15, 0.2) is 73.1 Å². The molecule has 1 atom stereocenters. The van der Waals surface area contributed by atoms with Gasteiger partial charge in [-0.05, 0) is 53.4 Å². The van der Waals surface area contributed by atoms with Crippen molar-refractivity contribution in [2.24, 2.45) is 0 Å². The van der Waals surface area contributed by atoms with Gasteiger partial charge in [-0.1, -0.05) is 36.4 Å². The number of aromatic hydroxyl groups is 1. The fourth-order valence-corrected chi connectivity index (χ4v) is 2.58. The van der Waals surface area contributed by atoms with Crippen LogP contribution >= 0.6 is 0 Å². The maximum absolute atomic E-state index is 9.58. The summed E-state index contributed by atoms with van der Waals surface area (Å²) < 4.78 is 0. The first kappa shape index (κ1) is 15.3. The Morgan fingerprint density at radius 1 is 1.00 bits per heavy atom. The SMILES string of the molecule is CC(NCc1cccc(-c2cccnc2)c1)c1cccc(O)c1. The van der Waals surface area contributed by atoms with E-state index in [0.717, 1.165) is 17.7 Å². The van der Waals surface area contributed by atoms with Crippen LogP contribution in [-0.4, -0.2) is 10.1 Å². The van der Waals surface area contributed by atoms with Gasteiger partial charge in [-0.15, -0.1) is 0 Å². The van der Waals surface area contributed by atoms with E-state index < -0.39 is 0 Å². The number of aromatic nitrogens is 1. The molecule has 3 nitrogen and oxygen atoms in total. The summed E-state index contributed by atoms with van der Waals surface area (Å²) in [5.74, 6) is 0.301. The highest BCUT2D eigenvalue weighted by molar-refractivity contribution is 5.62. The Morgan fingerprint density at radius 3 is 2.61 bits per heavy atom. The molecule has 0 radical (unpaired) electrons. The standard InChI is InChI=1S/C20H20N2O/c1-15(17-6-3-9-20(23)12-17)22-13-16-5-2-7-18(11-16)19-8-4-10-21-14-19/h2-12,14-15,22-23H,13H2,1H3. The van der Waals surface area contributed by atoms with Crippen molar-refractivity contribution >= 4 is 0 Å². The van der Waals surface area contributed by atoms with E-state index in [1.807, 2.05) is 24.4 Å². The van der Waals surface area contributed by atoms with Crippen LogP contribution in [0.2, 0.25) is 0 Å². The maximum Gasteiger partial charge on any atom is 0.115 e. The molecule has 0 aliphatic carbocycles. The zero-order valence-corrected chi connectivity index (χ0v) is 13.1. The van der Waals surface area contributed by atoms with Gasteiger partial charge in [-0.2, -0.15) is 0 Å². The molecular formula is C20H20N2O. The second kappa shape index (κ2) is 7.07.